The molecule has 0 spiro atoms. The van der Waals surface area contributed by atoms with Crippen LogP contribution in [0.3, 0.4) is 0 Å². The minimum Gasteiger partial charge on any atom is -0.301 e. The smallest absolute Gasteiger partial charge is 0.243 e. The number of likely N-dealkylation sites (N-methyl/N-ethyl adjacent to an activating group) is 1. The minimum absolute atomic E-state index is 0.0231. The van der Waals surface area contributed by atoms with E-state index in [0.29, 0.717) is 25.2 Å². The Labute approximate surface area is 130 Å². The predicted octanol–water partition coefficient (Wildman–Crippen LogP) is 2.20. The van der Waals surface area contributed by atoms with E-state index in [1.54, 1.807) is 0 Å². The normalized spacial score (nSPS) is 21.7. The number of benzene rings is 1. The number of alkyl halides is 1. The number of nitrogens with zero attached hydrogens (tertiary/aromatic N) is 2. The summed E-state index contributed by atoms with van der Waals surface area (Å²) in [5, 5.41) is 0. The Morgan fingerprint density at radius 3 is 2.62 bits per heavy atom. The van der Waals surface area contributed by atoms with Crippen molar-refractivity contribution in [2.45, 2.75) is 30.7 Å². The van der Waals surface area contributed by atoms with Crippen molar-refractivity contribution in [1.29, 1.82) is 0 Å². The molecule has 0 bridgehead atoms. The van der Waals surface area contributed by atoms with E-state index in [0.717, 1.165) is 0 Å². The van der Waals surface area contributed by atoms with Gasteiger partial charge in [-0.1, -0.05) is 0 Å². The zero-order valence-corrected chi connectivity index (χ0v) is 14.0. The van der Waals surface area contributed by atoms with Crippen LogP contribution >= 0.6 is 11.6 Å². The highest BCUT2D eigenvalue weighted by molar-refractivity contribution is 7.89. The molecule has 1 fully saturated rings. The van der Waals surface area contributed by atoms with Crippen molar-refractivity contribution >= 4 is 21.6 Å². The van der Waals surface area contributed by atoms with E-state index in [2.05, 4.69) is 4.90 Å². The molecule has 2 rings (SSSR count). The molecule has 0 radical (unpaired) electrons. The molecule has 0 saturated carbocycles. The van der Waals surface area contributed by atoms with Gasteiger partial charge in [-0.05, 0) is 38.6 Å². The first-order chi connectivity index (χ1) is 9.77. The molecule has 1 unspecified atom stereocenters. The van der Waals surface area contributed by atoms with E-state index >= 15 is 0 Å². The fraction of sp³-hybridized carbons (Fsp3) is 0.571. The maximum Gasteiger partial charge on any atom is 0.243 e. The van der Waals surface area contributed by atoms with Crippen molar-refractivity contribution in [2.24, 2.45) is 0 Å². The third-order valence-corrected chi connectivity index (χ3v) is 6.35. The molecule has 1 aliphatic rings. The van der Waals surface area contributed by atoms with Crippen molar-refractivity contribution in [3.05, 3.63) is 29.1 Å². The monoisotopic (exact) mass is 334 g/mol. The third-order valence-electron chi connectivity index (χ3n) is 4.05. The zero-order valence-electron chi connectivity index (χ0n) is 12.4. The summed E-state index contributed by atoms with van der Waals surface area (Å²) in [4.78, 5) is 2.13. The molecule has 4 nitrogen and oxygen atoms in total. The van der Waals surface area contributed by atoms with Gasteiger partial charge < -0.3 is 4.90 Å². The Hall–Kier alpha value is -0.690. The van der Waals surface area contributed by atoms with Crippen LogP contribution in [-0.2, 0) is 15.9 Å². The maximum absolute atomic E-state index is 13.9. The van der Waals surface area contributed by atoms with Crippen molar-refractivity contribution in [2.75, 3.05) is 26.7 Å². The molecule has 0 aliphatic carbocycles. The molecule has 7 heteroatoms. The maximum atomic E-state index is 13.9. The van der Waals surface area contributed by atoms with Crippen molar-refractivity contribution in [1.82, 2.24) is 9.21 Å². The number of hydrogen-bond acceptors (Lipinski definition) is 3. The summed E-state index contributed by atoms with van der Waals surface area (Å²) in [6, 6.07) is 2.90. The van der Waals surface area contributed by atoms with Crippen LogP contribution in [0.25, 0.3) is 0 Å². The molecule has 1 heterocycles. The van der Waals surface area contributed by atoms with Gasteiger partial charge in [0, 0.05) is 37.1 Å². The van der Waals surface area contributed by atoms with Gasteiger partial charge in [-0.3, -0.25) is 0 Å². The SMILES string of the molecule is Cc1c(F)cc(CCl)cc1S(=O)(=O)N1CCN(C)C(C)C1. The van der Waals surface area contributed by atoms with Gasteiger partial charge in [0.05, 0.1) is 4.90 Å². The van der Waals surface area contributed by atoms with E-state index in [9.17, 15) is 12.8 Å². The molecule has 0 amide bonds. The Bertz CT molecular complexity index is 636. The first kappa shape index (κ1) is 16.7. The van der Waals surface area contributed by atoms with Gasteiger partial charge >= 0.3 is 0 Å². The van der Waals surface area contributed by atoms with E-state index in [1.165, 1.54) is 23.4 Å². The zero-order chi connectivity index (χ0) is 15.8. The van der Waals surface area contributed by atoms with Crippen molar-refractivity contribution in [3.63, 3.8) is 0 Å². The van der Waals surface area contributed by atoms with Crippen LogP contribution < -0.4 is 0 Å². The molecule has 21 heavy (non-hydrogen) atoms. The van der Waals surface area contributed by atoms with E-state index < -0.39 is 15.8 Å². The van der Waals surface area contributed by atoms with Crippen LogP contribution in [0.4, 0.5) is 4.39 Å². The van der Waals surface area contributed by atoms with E-state index in [4.69, 9.17) is 11.6 Å². The second-order valence-electron chi connectivity index (χ2n) is 5.53. The number of hydrogen-bond donors (Lipinski definition) is 0. The fourth-order valence-corrected chi connectivity index (χ4v) is 4.38. The molecular weight excluding hydrogens is 315 g/mol. The second-order valence-corrected chi connectivity index (χ2v) is 7.70. The summed E-state index contributed by atoms with van der Waals surface area (Å²) in [5.74, 6) is -0.451. The highest BCUT2D eigenvalue weighted by Crippen LogP contribution is 2.26. The number of sulfonamides is 1. The van der Waals surface area contributed by atoms with Gasteiger partial charge in [-0.15, -0.1) is 11.6 Å². The molecule has 1 aromatic carbocycles. The molecule has 1 saturated heterocycles. The summed E-state index contributed by atoms with van der Waals surface area (Å²) in [6.07, 6.45) is 0. The summed E-state index contributed by atoms with van der Waals surface area (Å²) >= 11 is 5.72. The standard InChI is InChI=1S/C14H20ClFN2O2S/c1-10-9-18(5-4-17(10)3)21(19,20)14-7-12(8-15)6-13(16)11(14)2/h6-7,10H,4-5,8-9H2,1-3H3. The van der Waals surface area contributed by atoms with Crippen LogP contribution in [0, 0.1) is 12.7 Å². The van der Waals surface area contributed by atoms with Gasteiger partial charge in [0.25, 0.3) is 0 Å². The first-order valence-corrected chi connectivity index (χ1v) is 8.80. The van der Waals surface area contributed by atoms with Gasteiger partial charge in [0.2, 0.25) is 10.0 Å². The van der Waals surface area contributed by atoms with Crippen LogP contribution in [0.5, 0.6) is 0 Å². The van der Waals surface area contributed by atoms with E-state index in [-0.39, 0.29) is 22.4 Å². The highest BCUT2D eigenvalue weighted by Gasteiger charge is 2.32. The fourth-order valence-electron chi connectivity index (χ4n) is 2.42. The largest absolute Gasteiger partial charge is 0.301 e. The second kappa shape index (κ2) is 6.20. The summed E-state index contributed by atoms with van der Waals surface area (Å²) in [7, 11) is -1.73. The quantitative estimate of drug-likeness (QED) is 0.796. The molecule has 1 aliphatic heterocycles. The summed E-state index contributed by atoms with van der Waals surface area (Å²) in [6.45, 7) is 4.95. The molecule has 1 aromatic rings. The topological polar surface area (TPSA) is 40.6 Å². The first-order valence-electron chi connectivity index (χ1n) is 6.82. The van der Waals surface area contributed by atoms with E-state index in [1.807, 2.05) is 14.0 Å². The number of rotatable bonds is 3. The Morgan fingerprint density at radius 2 is 2.05 bits per heavy atom. The van der Waals surface area contributed by atoms with Crippen LogP contribution in [-0.4, -0.2) is 50.3 Å². The van der Waals surface area contributed by atoms with Gasteiger partial charge in [0.1, 0.15) is 5.82 Å². The highest BCUT2D eigenvalue weighted by atomic mass is 35.5. The lowest BCUT2D eigenvalue weighted by Crippen LogP contribution is -2.51. The Kier molecular flexibility index (Phi) is 4.92. The lowest BCUT2D eigenvalue weighted by molar-refractivity contribution is 0.159. The molecular formula is C14H20ClFN2O2S. The Morgan fingerprint density at radius 1 is 1.38 bits per heavy atom. The van der Waals surface area contributed by atoms with Gasteiger partial charge in [-0.25, -0.2) is 12.8 Å². The van der Waals surface area contributed by atoms with Gasteiger partial charge in [0.15, 0.2) is 0 Å². The van der Waals surface area contributed by atoms with Crippen molar-refractivity contribution in [3.8, 4) is 0 Å². The molecule has 118 valence electrons. The number of halogens is 2. The average molecular weight is 335 g/mol. The Balaban J connectivity index is 2.42. The van der Waals surface area contributed by atoms with Crippen LogP contribution in [0.2, 0.25) is 0 Å². The molecule has 1 atom stereocenters. The lowest BCUT2D eigenvalue weighted by Gasteiger charge is -2.37. The number of piperazine rings is 1. The molecule has 0 aromatic heterocycles. The third kappa shape index (κ3) is 3.23. The summed E-state index contributed by atoms with van der Waals surface area (Å²) < 4.78 is 40.9. The van der Waals surface area contributed by atoms with Gasteiger partial charge in [-0.2, -0.15) is 4.31 Å². The summed E-state index contributed by atoms with van der Waals surface area (Å²) in [5.41, 5.74) is 0.621. The lowest BCUT2D eigenvalue weighted by atomic mass is 10.1. The average Bonchev–Trinajstić information content (AvgIpc) is 2.44. The predicted molar refractivity (Wildman–Crippen MR) is 81.5 cm³/mol. The minimum atomic E-state index is -3.70. The van der Waals surface area contributed by atoms with Crippen LogP contribution in [0.15, 0.2) is 17.0 Å². The molecule has 0 N–H and O–H groups in total. The van der Waals surface area contributed by atoms with Crippen molar-refractivity contribution < 1.29 is 12.8 Å². The van der Waals surface area contributed by atoms with Crippen LogP contribution in [0.1, 0.15) is 18.1 Å².